The van der Waals surface area contributed by atoms with Crippen molar-refractivity contribution in [2.75, 3.05) is 11.5 Å². The van der Waals surface area contributed by atoms with Gasteiger partial charge in [0.05, 0.1) is 5.60 Å². The fourth-order valence-electron chi connectivity index (χ4n) is 1.72. The lowest BCUT2D eigenvalue weighted by atomic mass is 9.92. The van der Waals surface area contributed by atoms with Crippen LogP contribution in [-0.2, 0) is 5.60 Å². The van der Waals surface area contributed by atoms with E-state index in [9.17, 15) is 5.11 Å². The van der Waals surface area contributed by atoms with Gasteiger partial charge in [0.2, 0.25) is 0 Å². The summed E-state index contributed by atoms with van der Waals surface area (Å²) in [5.74, 6) is 1.92. The molecule has 0 amide bonds. The molecule has 0 aromatic heterocycles. The molecular formula is C11H14OS. The van der Waals surface area contributed by atoms with Crippen LogP contribution >= 0.6 is 11.8 Å². The van der Waals surface area contributed by atoms with Crippen molar-refractivity contribution in [3.63, 3.8) is 0 Å². The molecule has 1 unspecified atom stereocenters. The van der Waals surface area contributed by atoms with Gasteiger partial charge in [-0.3, -0.25) is 0 Å². The molecule has 0 aliphatic carbocycles. The van der Waals surface area contributed by atoms with Crippen LogP contribution in [0.3, 0.4) is 0 Å². The fourth-order valence-corrected chi connectivity index (χ4v) is 2.99. The molecule has 1 fully saturated rings. The molecule has 1 aliphatic heterocycles. The summed E-state index contributed by atoms with van der Waals surface area (Å²) in [5, 5.41) is 10.3. The molecule has 1 nitrogen and oxygen atoms in total. The predicted molar refractivity (Wildman–Crippen MR) is 57.0 cm³/mol. The van der Waals surface area contributed by atoms with E-state index in [1.54, 1.807) is 0 Å². The summed E-state index contributed by atoms with van der Waals surface area (Å²) in [7, 11) is 0. The largest absolute Gasteiger partial charge is 0.384 e. The maximum Gasteiger partial charge on any atom is 0.0994 e. The Kier molecular flexibility index (Phi) is 2.35. The van der Waals surface area contributed by atoms with Crippen molar-refractivity contribution in [3.8, 4) is 0 Å². The third-order valence-electron chi connectivity index (χ3n) is 2.56. The van der Waals surface area contributed by atoms with E-state index in [0.717, 1.165) is 23.5 Å². The Morgan fingerprint density at radius 2 is 2.31 bits per heavy atom. The first-order chi connectivity index (χ1) is 6.21. The summed E-state index contributed by atoms with van der Waals surface area (Å²) in [6.07, 6.45) is 0.890. The highest BCUT2D eigenvalue weighted by atomic mass is 32.2. The second-order valence-corrected chi connectivity index (χ2v) is 4.81. The zero-order valence-electron chi connectivity index (χ0n) is 7.79. The van der Waals surface area contributed by atoms with Crippen molar-refractivity contribution in [2.45, 2.75) is 18.9 Å². The monoisotopic (exact) mass is 194 g/mol. The van der Waals surface area contributed by atoms with Crippen LogP contribution in [0.15, 0.2) is 24.3 Å². The Hall–Kier alpha value is -0.470. The first-order valence-corrected chi connectivity index (χ1v) is 5.73. The van der Waals surface area contributed by atoms with E-state index in [0.29, 0.717) is 0 Å². The maximum absolute atomic E-state index is 10.3. The number of hydrogen-bond donors (Lipinski definition) is 1. The van der Waals surface area contributed by atoms with Gasteiger partial charge in [0, 0.05) is 5.75 Å². The molecule has 2 rings (SSSR count). The van der Waals surface area contributed by atoms with Gasteiger partial charge in [-0.1, -0.05) is 29.8 Å². The van der Waals surface area contributed by atoms with Gasteiger partial charge < -0.3 is 5.11 Å². The highest BCUT2D eigenvalue weighted by Gasteiger charge is 2.33. The lowest BCUT2D eigenvalue weighted by Crippen LogP contribution is -2.24. The Morgan fingerprint density at radius 1 is 1.46 bits per heavy atom. The lowest BCUT2D eigenvalue weighted by molar-refractivity contribution is 0.0657. The van der Waals surface area contributed by atoms with Crippen LogP contribution in [0.1, 0.15) is 17.5 Å². The van der Waals surface area contributed by atoms with Crippen LogP contribution in [0.5, 0.6) is 0 Å². The standard InChI is InChI=1S/C11H14OS/c1-9-3-2-4-10(7-9)11(12)5-6-13-8-11/h2-4,7,12H,5-6,8H2,1H3. The van der Waals surface area contributed by atoms with E-state index in [2.05, 4.69) is 19.1 Å². The molecule has 2 heteroatoms. The molecule has 0 bridgehead atoms. The number of benzene rings is 1. The van der Waals surface area contributed by atoms with E-state index in [-0.39, 0.29) is 0 Å². The summed E-state index contributed by atoms with van der Waals surface area (Å²) in [5.41, 5.74) is 1.75. The molecule has 1 heterocycles. The summed E-state index contributed by atoms with van der Waals surface area (Å²) in [6, 6.07) is 8.20. The smallest absolute Gasteiger partial charge is 0.0994 e. The van der Waals surface area contributed by atoms with Crippen molar-refractivity contribution in [2.24, 2.45) is 0 Å². The molecule has 1 aliphatic rings. The van der Waals surface area contributed by atoms with E-state index in [1.807, 2.05) is 23.9 Å². The number of thioether (sulfide) groups is 1. The molecule has 70 valence electrons. The van der Waals surface area contributed by atoms with Crippen molar-refractivity contribution in [1.29, 1.82) is 0 Å². The van der Waals surface area contributed by atoms with Gasteiger partial charge >= 0.3 is 0 Å². The van der Waals surface area contributed by atoms with Gasteiger partial charge in [0.15, 0.2) is 0 Å². The molecule has 0 saturated carbocycles. The molecule has 1 N–H and O–H groups in total. The van der Waals surface area contributed by atoms with Crippen LogP contribution in [0.4, 0.5) is 0 Å². The molecule has 1 aromatic carbocycles. The zero-order chi connectivity index (χ0) is 9.31. The zero-order valence-corrected chi connectivity index (χ0v) is 8.60. The van der Waals surface area contributed by atoms with Gasteiger partial charge in [0.25, 0.3) is 0 Å². The van der Waals surface area contributed by atoms with E-state index in [4.69, 9.17) is 0 Å². The molecular weight excluding hydrogens is 180 g/mol. The Balaban J connectivity index is 2.33. The summed E-state index contributed by atoms with van der Waals surface area (Å²) < 4.78 is 0. The van der Waals surface area contributed by atoms with E-state index in [1.165, 1.54) is 5.56 Å². The molecule has 1 saturated heterocycles. The van der Waals surface area contributed by atoms with E-state index >= 15 is 0 Å². The quantitative estimate of drug-likeness (QED) is 0.740. The van der Waals surface area contributed by atoms with Crippen LogP contribution in [0, 0.1) is 6.92 Å². The Morgan fingerprint density at radius 3 is 2.92 bits per heavy atom. The average Bonchev–Trinajstić information content (AvgIpc) is 2.54. The van der Waals surface area contributed by atoms with Gasteiger partial charge in [-0.15, -0.1) is 0 Å². The SMILES string of the molecule is Cc1cccc(C2(O)CCSC2)c1. The first-order valence-electron chi connectivity index (χ1n) is 4.58. The fraction of sp³-hybridized carbons (Fsp3) is 0.455. The predicted octanol–water partition coefficient (Wildman–Crippen LogP) is 2.32. The molecule has 1 atom stereocenters. The van der Waals surface area contributed by atoms with Gasteiger partial charge in [-0.05, 0) is 24.7 Å². The second-order valence-electron chi connectivity index (χ2n) is 3.70. The molecule has 1 aromatic rings. The lowest BCUT2D eigenvalue weighted by Gasteiger charge is -2.21. The van der Waals surface area contributed by atoms with Crippen molar-refractivity contribution < 1.29 is 5.11 Å². The number of hydrogen-bond acceptors (Lipinski definition) is 2. The highest BCUT2D eigenvalue weighted by molar-refractivity contribution is 7.99. The number of aryl methyl sites for hydroxylation is 1. The summed E-state index contributed by atoms with van der Waals surface area (Å²) in [4.78, 5) is 0. The third kappa shape index (κ3) is 1.74. The van der Waals surface area contributed by atoms with Gasteiger partial charge in [-0.25, -0.2) is 0 Å². The maximum atomic E-state index is 10.3. The number of aliphatic hydroxyl groups is 1. The highest BCUT2D eigenvalue weighted by Crippen LogP contribution is 2.36. The molecule has 0 radical (unpaired) electrons. The van der Waals surface area contributed by atoms with Crippen LogP contribution < -0.4 is 0 Å². The van der Waals surface area contributed by atoms with Crippen molar-refractivity contribution >= 4 is 11.8 Å². The normalized spacial score (nSPS) is 27.8. The Labute approximate surface area is 83.2 Å². The molecule has 0 spiro atoms. The Bertz CT molecular complexity index is 303. The minimum absolute atomic E-state index is 0.559. The summed E-state index contributed by atoms with van der Waals surface area (Å²) >= 11 is 1.83. The summed E-state index contributed by atoms with van der Waals surface area (Å²) in [6.45, 7) is 2.06. The van der Waals surface area contributed by atoms with Crippen molar-refractivity contribution in [1.82, 2.24) is 0 Å². The van der Waals surface area contributed by atoms with Gasteiger partial charge in [0.1, 0.15) is 0 Å². The van der Waals surface area contributed by atoms with Gasteiger partial charge in [-0.2, -0.15) is 11.8 Å². The first kappa shape index (κ1) is 9.10. The van der Waals surface area contributed by atoms with Crippen LogP contribution in [0.2, 0.25) is 0 Å². The van der Waals surface area contributed by atoms with Crippen LogP contribution in [-0.4, -0.2) is 16.6 Å². The number of rotatable bonds is 1. The minimum atomic E-state index is -0.559. The molecule has 13 heavy (non-hydrogen) atoms. The average molecular weight is 194 g/mol. The van der Waals surface area contributed by atoms with E-state index < -0.39 is 5.60 Å². The van der Waals surface area contributed by atoms with Crippen LogP contribution in [0.25, 0.3) is 0 Å². The second kappa shape index (κ2) is 3.35. The minimum Gasteiger partial charge on any atom is -0.384 e. The van der Waals surface area contributed by atoms with Crippen molar-refractivity contribution in [3.05, 3.63) is 35.4 Å². The third-order valence-corrected chi connectivity index (χ3v) is 3.73. The topological polar surface area (TPSA) is 20.2 Å².